The molecule has 31 heavy (non-hydrogen) atoms. The normalized spacial score (nSPS) is 12.0. The van der Waals surface area contributed by atoms with E-state index in [0.29, 0.717) is 5.65 Å². The molecule has 1 amide bonds. The highest BCUT2D eigenvalue weighted by Gasteiger charge is 2.17. The van der Waals surface area contributed by atoms with Crippen molar-refractivity contribution in [2.45, 2.75) is 33.4 Å². The summed E-state index contributed by atoms with van der Waals surface area (Å²) in [6.07, 6.45) is 1.77. The predicted molar refractivity (Wildman–Crippen MR) is 122 cm³/mol. The van der Waals surface area contributed by atoms with Crippen LogP contribution in [0.5, 0.6) is 5.75 Å². The predicted octanol–water partition coefficient (Wildman–Crippen LogP) is 4.60. The highest BCUT2D eigenvalue weighted by molar-refractivity contribution is 5.95. The van der Waals surface area contributed by atoms with Crippen LogP contribution in [-0.2, 0) is 11.3 Å². The molecule has 4 aromatic rings. The van der Waals surface area contributed by atoms with Crippen LogP contribution in [0.1, 0.15) is 29.8 Å². The van der Waals surface area contributed by atoms with Crippen LogP contribution in [-0.4, -0.2) is 27.8 Å². The summed E-state index contributed by atoms with van der Waals surface area (Å²) in [5.41, 5.74) is 5.96. The van der Waals surface area contributed by atoms with Gasteiger partial charge in [-0.25, -0.2) is 9.67 Å². The summed E-state index contributed by atoms with van der Waals surface area (Å²) in [7, 11) is 1.63. The van der Waals surface area contributed by atoms with Gasteiger partial charge in [-0.15, -0.1) is 0 Å². The number of carbonyl (C=O) groups excluding carboxylic acids is 1. The topological polar surface area (TPSA) is 69.0 Å². The van der Waals surface area contributed by atoms with Gasteiger partial charge in [0.1, 0.15) is 12.3 Å². The number of benzene rings is 2. The van der Waals surface area contributed by atoms with Gasteiger partial charge in [-0.3, -0.25) is 4.79 Å². The van der Waals surface area contributed by atoms with E-state index in [1.807, 2.05) is 50.2 Å². The molecule has 2 aromatic heterocycles. The van der Waals surface area contributed by atoms with Crippen molar-refractivity contribution in [2.75, 3.05) is 7.11 Å². The second kappa shape index (κ2) is 8.60. The van der Waals surface area contributed by atoms with Gasteiger partial charge in [-0.1, -0.05) is 42.0 Å². The minimum atomic E-state index is -0.128. The van der Waals surface area contributed by atoms with Crippen molar-refractivity contribution in [1.82, 2.24) is 20.1 Å². The van der Waals surface area contributed by atoms with Crippen LogP contribution in [0.15, 0.2) is 60.8 Å². The van der Waals surface area contributed by atoms with Gasteiger partial charge in [0.2, 0.25) is 5.91 Å². The largest absolute Gasteiger partial charge is 0.497 e. The van der Waals surface area contributed by atoms with Gasteiger partial charge in [0.05, 0.1) is 18.8 Å². The van der Waals surface area contributed by atoms with Crippen LogP contribution in [0.3, 0.4) is 0 Å². The van der Waals surface area contributed by atoms with E-state index in [0.717, 1.165) is 33.5 Å². The number of fused-ring (bicyclic) bond motifs is 1. The van der Waals surface area contributed by atoms with Gasteiger partial charge in [-0.2, -0.15) is 5.10 Å². The molecule has 1 N–H and O–H groups in total. The first kappa shape index (κ1) is 20.6. The van der Waals surface area contributed by atoms with Gasteiger partial charge in [0, 0.05) is 11.6 Å². The van der Waals surface area contributed by atoms with E-state index >= 15 is 0 Å². The summed E-state index contributed by atoms with van der Waals surface area (Å²) in [5, 5.41) is 8.64. The highest BCUT2D eigenvalue weighted by atomic mass is 16.5. The average Bonchev–Trinajstić information content (AvgIpc) is 3.09. The molecule has 2 heterocycles. The number of nitrogens with zero attached hydrogens (tertiary/aromatic N) is 3. The Morgan fingerprint density at radius 2 is 1.90 bits per heavy atom. The SMILES string of the molecule is COc1ccc(C(C)NC(=O)Cn2nc(C)c3c(-c4cccc(C)c4)ccnc32)cc1. The maximum atomic E-state index is 12.7. The first-order chi connectivity index (χ1) is 15.0. The molecule has 1 unspecified atom stereocenters. The Morgan fingerprint density at radius 3 is 2.61 bits per heavy atom. The molecule has 6 nitrogen and oxygen atoms in total. The maximum Gasteiger partial charge on any atom is 0.242 e. The van der Waals surface area contributed by atoms with Crippen molar-refractivity contribution in [3.8, 4) is 16.9 Å². The van der Waals surface area contributed by atoms with Crippen LogP contribution in [0, 0.1) is 13.8 Å². The van der Waals surface area contributed by atoms with Crippen molar-refractivity contribution in [1.29, 1.82) is 0 Å². The number of aryl methyl sites for hydroxylation is 2. The lowest BCUT2D eigenvalue weighted by atomic mass is 10.0. The Hall–Kier alpha value is -3.67. The number of hydrogen-bond acceptors (Lipinski definition) is 4. The van der Waals surface area contributed by atoms with Gasteiger partial charge < -0.3 is 10.1 Å². The number of carbonyl (C=O) groups is 1. The summed E-state index contributed by atoms with van der Waals surface area (Å²) in [5.74, 6) is 0.673. The summed E-state index contributed by atoms with van der Waals surface area (Å²) in [6.45, 7) is 6.10. The monoisotopic (exact) mass is 414 g/mol. The molecule has 0 bridgehead atoms. The first-order valence-electron chi connectivity index (χ1n) is 10.3. The zero-order valence-corrected chi connectivity index (χ0v) is 18.2. The van der Waals surface area contributed by atoms with Crippen molar-refractivity contribution in [2.24, 2.45) is 0 Å². The molecule has 0 radical (unpaired) electrons. The van der Waals surface area contributed by atoms with Crippen LogP contribution in [0.25, 0.3) is 22.2 Å². The van der Waals surface area contributed by atoms with E-state index in [4.69, 9.17) is 4.74 Å². The Labute approximate surface area is 181 Å². The van der Waals surface area contributed by atoms with Crippen molar-refractivity contribution in [3.05, 3.63) is 77.6 Å². The third-order valence-electron chi connectivity index (χ3n) is 5.42. The van der Waals surface area contributed by atoms with E-state index < -0.39 is 0 Å². The molecule has 4 rings (SSSR count). The Kier molecular flexibility index (Phi) is 5.71. The fourth-order valence-corrected chi connectivity index (χ4v) is 3.84. The molecule has 1 atom stereocenters. The maximum absolute atomic E-state index is 12.7. The minimum Gasteiger partial charge on any atom is -0.497 e. The number of methoxy groups -OCH3 is 1. The summed E-state index contributed by atoms with van der Waals surface area (Å²) in [4.78, 5) is 17.3. The zero-order valence-electron chi connectivity index (χ0n) is 18.2. The fourth-order valence-electron chi connectivity index (χ4n) is 3.84. The van der Waals surface area contributed by atoms with Gasteiger partial charge in [0.25, 0.3) is 0 Å². The summed E-state index contributed by atoms with van der Waals surface area (Å²) in [6, 6.07) is 17.9. The van der Waals surface area contributed by atoms with Crippen molar-refractivity contribution >= 4 is 16.9 Å². The van der Waals surface area contributed by atoms with E-state index in [1.165, 1.54) is 5.56 Å². The molecular weight excluding hydrogens is 388 g/mol. The molecule has 0 aliphatic rings. The van der Waals surface area contributed by atoms with Gasteiger partial charge in [-0.05, 0) is 55.7 Å². The zero-order chi connectivity index (χ0) is 22.0. The molecular formula is C25H26N4O2. The van der Waals surface area contributed by atoms with E-state index in [1.54, 1.807) is 18.0 Å². The van der Waals surface area contributed by atoms with Crippen molar-refractivity contribution < 1.29 is 9.53 Å². The van der Waals surface area contributed by atoms with Crippen LogP contribution < -0.4 is 10.1 Å². The minimum absolute atomic E-state index is 0.106. The number of hydrogen-bond donors (Lipinski definition) is 1. The second-order valence-corrected chi connectivity index (χ2v) is 7.73. The Morgan fingerprint density at radius 1 is 1.13 bits per heavy atom. The van der Waals surface area contributed by atoms with Crippen LogP contribution in [0.2, 0.25) is 0 Å². The lowest BCUT2D eigenvalue weighted by Gasteiger charge is -2.15. The van der Waals surface area contributed by atoms with Crippen LogP contribution >= 0.6 is 0 Å². The highest BCUT2D eigenvalue weighted by Crippen LogP contribution is 2.30. The first-order valence-corrected chi connectivity index (χ1v) is 10.3. The second-order valence-electron chi connectivity index (χ2n) is 7.73. The number of pyridine rings is 1. The molecule has 0 aliphatic heterocycles. The van der Waals surface area contributed by atoms with Gasteiger partial charge in [0.15, 0.2) is 5.65 Å². The van der Waals surface area contributed by atoms with E-state index in [9.17, 15) is 4.79 Å². The quantitative estimate of drug-likeness (QED) is 0.501. The lowest BCUT2D eigenvalue weighted by molar-refractivity contribution is -0.122. The number of nitrogens with one attached hydrogen (secondary N) is 1. The van der Waals surface area contributed by atoms with Crippen LogP contribution in [0.4, 0.5) is 0 Å². The molecule has 0 aliphatic carbocycles. The fraction of sp³-hybridized carbons (Fsp3) is 0.240. The number of ether oxygens (including phenoxy) is 1. The van der Waals surface area contributed by atoms with Crippen molar-refractivity contribution in [3.63, 3.8) is 0 Å². The smallest absolute Gasteiger partial charge is 0.242 e. The summed E-state index contributed by atoms with van der Waals surface area (Å²) < 4.78 is 6.87. The molecule has 0 spiro atoms. The van der Waals surface area contributed by atoms with E-state index in [-0.39, 0.29) is 18.5 Å². The molecule has 0 fully saturated rings. The molecule has 158 valence electrons. The summed E-state index contributed by atoms with van der Waals surface area (Å²) >= 11 is 0. The third kappa shape index (κ3) is 4.28. The Bertz CT molecular complexity index is 1230. The average molecular weight is 415 g/mol. The third-order valence-corrected chi connectivity index (χ3v) is 5.42. The number of amides is 1. The number of rotatable bonds is 6. The van der Waals surface area contributed by atoms with Gasteiger partial charge >= 0.3 is 0 Å². The lowest BCUT2D eigenvalue weighted by Crippen LogP contribution is -2.30. The standard InChI is InChI=1S/C25H26N4O2/c1-16-6-5-7-20(14-16)22-12-13-26-25-24(22)18(3)28-29(25)15-23(30)27-17(2)19-8-10-21(31-4)11-9-19/h5-14,17H,15H2,1-4H3,(H,27,30). The molecule has 0 saturated carbocycles. The Balaban J connectivity index is 1.57. The molecule has 6 heteroatoms. The number of aromatic nitrogens is 3. The van der Waals surface area contributed by atoms with E-state index in [2.05, 4.69) is 40.5 Å². The molecule has 0 saturated heterocycles. The molecule has 2 aromatic carbocycles.